The fourth-order valence-corrected chi connectivity index (χ4v) is 2.77. The lowest BCUT2D eigenvalue weighted by Gasteiger charge is -2.30. The van der Waals surface area contributed by atoms with Crippen LogP contribution in [0.1, 0.15) is 12.8 Å². The van der Waals surface area contributed by atoms with Gasteiger partial charge in [0.25, 0.3) is 0 Å². The van der Waals surface area contributed by atoms with Gasteiger partial charge >= 0.3 is 0 Å². The largest absolute Gasteiger partial charge is 0.344 e. The normalized spacial score (nSPS) is 31.8. The van der Waals surface area contributed by atoms with E-state index in [9.17, 15) is 4.79 Å². The number of ether oxygens (including phenoxy) is 2. The highest BCUT2D eigenvalue weighted by Crippen LogP contribution is 2.44. The maximum atomic E-state index is 10.9. The molecule has 0 bridgehead atoms. The minimum absolute atomic E-state index is 0.339. The number of carbonyl (C=O) groups excluding carboxylic acids is 1. The first-order chi connectivity index (χ1) is 5.31. The van der Waals surface area contributed by atoms with Gasteiger partial charge in [-0.05, 0) is 0 Å². The molecule has 2 saturated heterocycles. The molecule has 0 aliphatic carbocycles. The monoisotopic (exact) mass is 174 g/mol. The summed E-state index contributed by atoms with van der Waals surface area (Å²) < 4.78 is 10.9. The average molecular weight is 174 g/mol. The lowest BCUT2D eigenvalue weighted by atomic mass is 10.2. The van der Waals surface area contributed by atoms with Gasteiger partial charge in [0.15, 0.2) is 5.53 Å². The molecule has 0 aromatic heterocycles. The van der Waals surface area contributed by atoms with Crippen molar-refractivity contribution in [3.8, 4) is 0 Å². The molecule has 1 spiro atoms. The summed E-state index contributed by atoms with van der Waals surface area (Å²) in [5, 5.41) is 0. The van der Waals surface area contributed by atoms with E-state index in [-0.39, 0.29) is 5.53 Å². The Kier molecular flexibility index (Phi) is 1.96. The first-order valence-corrected chi connectivity index (χ1v) is 5.06. The molecule has 0 aromatic rings. The number of hydrogen-bond donors (Lipinski definition) is 0. The highest BCUT2D eigenvalue weighted by molar-refractivity contribution is 7.40. The molecule has 11 heavy (non-hydrogen) atoms. The van der Waals surface area contributed by atoms with Crippen molar-refractivity contribution in [2.45, 2.75) is 18.4 Å². The van der Waals surface area contributed by atoms with Crippen molar-refractivity contribution in [3.05, 3.63) is 0 Å². The van der Waals surface area contributed by atoms with Crippen LogP contribution in [0.15, 0.2) is 0 Å². The maximum absolute atomic E-state index is 10.9. The number of rotatable bonds is 0. The van der Waals surface area contributed by atoms with Crippen LogP contribution in [0.4, 0.5) is 0 Å². The fraction of sp³-hybridized carbons (Fsp3) is 0.857. The average Bonchev–Trinajstić information content (AvgIpc) is 2.45. The molecular formula is C7H11O3P. The number of hydrogen-bond acceptors (Lipinski definition) is 3. The van der Waals surface area contributed by atoms with Gasteiger partial charge in [-0.15, -0.1) is 0 Å². The Morgan fingerprint density at radius 3 is 2.64 bits per heavy atom. The zero-order valence-corrected chi connectivity index (χ0v) is 7.26. The second-order valence-corrected chi connectivity index (χ2v) is 4.31. The van der Waals surface area contributed by atoms with Crippen molar-refractivity contribution in [2.75, 3.05) is 19.4 Å². The van der Waals surface area contributed by atoms with Gasteiger partial charge in [0.1, 0.15) is 5.78 Å². The van der Waals surface area contributed by atoms with Gasteiger partial charge in [0, 0.05) is 19.0 Å². The summed E-state index contributed by atoms with van der Waals surface area (Å²) in [5.74, 6) is 0.355. The van der Waals surface area contributed by atoms with Crippen LogP contribution < -0.4 is 0 Å². The quantitative estimate of drug-likeness (QED) is 0.508. The lowest BCUT2D eigenvalue weighted by Crippen LogP contribution is -2.30. The predicted octanol–water partition coefficient (Wildman–Crippen LogP) is 0.728. The molecule has 0 radical (unpaired) electrons. The minimum Gasteiger partial charge on any atom is -0.344 e. The summed E-state index contributed by atoms with van der Waals surface area (Å²) in [4.78, 5) is 10.9. The van der Waals surface area contributed by atoms with Crippen LogP contribution in [-0.4, -0.2) is 30.7 Å². The maximum Gasteiger partial charge on any atom is 0.184 e. The first-order valence-electron chi connectivity index (χ1n) is 3.85. The third kappa shape index (κ3) is 1.46. The summed E-state index contributed by atoms with van der Waals surface area (Å²) in [6.45, 7) is 1.39. The van der Waals surface area contributed by atoms with E-state index in [1.165, 1.54) is 0 Å². The highest BCUT2D eigenvalue weighted by atomic mass is 31.1. The van der Waals surface area contributed by atoms with Crippen molar-refractivity contribution in [1.29, 1.82) is 0 Å². The Morgan fingerprint density at radius 1 is 1.36 bits per heavy atom. The van der Waals surface area contributed by atoms with Crippen molar-refractivity contribution in [1.82, 2.24) is 0 Å². The van der Waals surface area contributed by atoms with E-state index < -0.39 is 0 Å². The molecule has 4 heteroatoms. The smallest absolute Gasteiger partial charge is 0.184 e. The zero-order valence-electron chi connectivity index (χ0n) is 6.26. The van der Waals surface area contributed by atoms with Crippen molar-refractivity contribution in [3.63, 3.8) is 0 Å². The van der Waals surface area contributed by atoms with Gasteiger partial charge < -0.3 is 9.47 Å². The lowest BCUT2D eigenvalue weighted by molar-refractivity contribution is -0.124. The van der Waals surface area contributed by atoms with Crippen LogP contribution in [0.2, 0.25) is 0 Å². The van der Waals surface area contributed by atoms with Gasteiger partial charge in [-0.1, -0.05) is 8.58 Å². The molecule has 2 aliphatic rings. The van der Waals surface area contributed by atoms with Crippen molar-refractivity contribution in [2.24, 2.45) is 0 Å². The second kappa shape index (κ2) is 2.81. The van der Waals surface area contributed by atoms with E-state index in [1.54, 1.807) is 0 Å². The van der Waals surface area contributed by atoms with Gasteiger partial charge in [0.05, 0.1) is 13.2 Å². The molecule has 0 saturated carbocycles. The summed E-state index contributed by atoms with van der Waals surface area (Å²) in [7, 11) is 0.512. The molecule has 2 fully saturated rings. The third-order valence-corrected chi connectivity index (χ3v) is 3.69. The van der Waals surface area contributed by atoms with E-state index in [2.05, 4.69) is 0 Å². The summed E-state index contributed by atoms with van der Waals surface area (Å²) in [5.41, 5.74) is -0.339. The molecule has 62 valence electrons. The van der Waals surface area contributed by atoms with Crippen LogP contribution >= 0.6 is 8.58 Å². The number of carbonyl (C=O) groups is 1. The van der Waals surface area contributed by atoms with Gasteiger partial charge in [-0.25, -0.2) is 0 Å². The van der Waals surface area contributed by atoms with E-state index in [0.717, 1.165) is 6.42 Å². The molecule has 2 heterocycles. The standard InChI is InChI=1S/C7H11O3P/c8-6-1-2-7(11-5-6)9-3-4-10-7/h11H,1-5H2. The summed E-state index contributed by atoms with van der Waals surface area (Å²) in [6, 6.07) is 0. The number of ketones is 1. The molecule has 2 aliphatic heterocycles. The molecule has 0 amide bonds. The summed E-state index contributed by atoms with van der Waals surface area (Å²) in [6.07, 6.45) is 2.05. The van der Waals surface area contributed by atoms with Crippen molar-refractivity contribution >= 4 is 14.4 Å². The molecule has 1 unspecified atom stereocenters. The van der Waals surface area contributed by atoms with Crippen LogP contribution in [0, 0.1) is 0 Å². The molecule has 0 N–H and O–H groups in total. The van der Waals surface area contributed by atoms with Crippen LogP contribution in [0.5, 0.6) is 0 Å². The Balaban J connectivity index is 1.99. The fourth-order valence-electron chi connectivity index (χ4n) is 1.42. The third-order valence-electron chi connectivity index (χ3n) is 2.04. The molecule has 0 aromatic carbocycles. The Bertz CT molecular complexity index is 163. The molecular weight excluding hydrogens is 163 g/mol. The SMILES string of the molecule is O=C1CCC2(OCCO2)PC1. The summed E-state index contributed by atoms with van der Waals surface area (Å²) >= 11 is 0. The predicted molar refractivity (Wildman–Crippen MR) is 42.1 cm³/mol. The van der Waals surface area contributed by atoms with E-state index >= 15 is 0 Å². The highest BCUT2D eigenvalue weighted by Gasteiger charge is 2.39. The van der Waals surface area contributed by atoms with Crippen LogP contribution in [0.3, 0.4) is 0 Å². The molecule has 3 nitrogen and oxygen atoms in total. The Hall–Kier alpha value is 0.0200. The Morgan fingerprint density at radius 2 is 2.09 bits per heavy atom. The Labute approximate surface area is 67.2 Å². The molecule has 2 rings (SSSR count). The number of Topliss-reactive ketones (excluding diaryl/α,β-unsaturated/α-hetero) is 1. The van der Waals surface area contributed by atoms with Gasteiger partial charge in [0.2, 0.25) is 0 Å². The topological polar surface area (TPSA) is 35.5 Å². The van der Waals surface area contributed by atoms with Crippen LogP contribution in [-0.2, 0) is 14.3 Å². The van der Waals surface area contributed by atoms with Gasteiger partial charge in [-0.2, -0.15) is 0 Å². The van der Waals surface area contributed by atoms with E-state index in [1.807, 2.05) is 0 Å². The van der Waals surface area contributed by atoms with E-state index in [4.69, 9.17) is 9.47 Å². The zero-order chi connectivity index (χ0) is 7.73. The minimum atomic E-state index is -0.339. The first kappa shape index (κ1) is 7.66. The van der Waals surface area contributed by atoms with Crippen molar-refractivity contribution < 1.29 is 14.3 Å². The van der Waals surface area contributed by atoms with Gasteiger partial charge in [-0.3, -0.25) is 4.79 Å². The second-order valence-electron chi connectivity index (χ2n) is 2.84. The molecule has 1 atom stereocenters. The van der Waals surface area contributed by atoms with Crippen LogP contribution in [0.25, 0.3) is 0 Å². The van der Waals surface area contributed by atoms with E-state index in [0.29, 0.717) is 40.2 Å².